The minimum atomic E-state index is -1.30. The summed E-state index contributed by atoms with van der Waals surface area (Å²) in [7, 11) is 2.43. The molecule has 0 spiro atoms. The maximum absolute atomic E-state index is 14.0. The monoisotopic (exact) mass is 417 g/mol. The highest BCUT2D eigenvalue weighted by Gasteiger charge is 2.38. The normalized spacial score (nSPS) is 18.2. The van der Waals surface area contributed by atoms with Crippen LogP contribution in [0.2, 0.25) is 0 Å². The first-order valence-corrected chi connectivity index (χ1v) is 9.12. The van der Waals surface area contributed by atoms with Crippen molar-refractivity contribution in [3.8, 4) is 5.75 Å². The standard InChI is InChI=1S/C20H20FN3O6/c1-11(25)24-10-13(21)9-14(24)17-22-15(20(28)29-3)16(18(26)23(17)2)30-19(27)12-7-5-4-6-8-12/h4-8,13-14H,9-10H2,1-3H3/t13-,14-/m0/s1. The van der Waals surface area contributed by atoms with Gasteiger partial charge in [0, 0.05) is 20.4 Å². The number of rotatable bonds is 4. The van der Waals surface area contributed by atoms with Crippen molar-refractivity contribution >= 4 is 17.8 Å². The predicted molar refractivity (Wildman–Crippen MR) is 102 cm³/mol. The van der Waals surface area contributed by atoms with Crippen LogP contribution in [0.1, 0.15) is 46.1 Å². The zero-order valence-corrected chi connectivity index (χ0v) is 16.6. The number of hydrogen-bond donors (Lipinski definition) is 0. The first-order chi connectivity index (χ1) is 14.2. The molecule has 0 unspecified atom stereocenters. The molecule has 30 heavy (non-hydrogen) atoms. The van der Waals surface area contributed by atoms with Crippen molar-refractivity contribution in [2.75, 3.05) is 13.7 Å². The van der Waals surface area contributed by atoms with Gasteiger partial charge in [0.1, 0.15) is 12.0 Å². The first kappa shape index (κ1) is 21.2. The topological polar surface area (TPSA) is 108 Å². The fourth-order valence-corrected chi connectivity index (χ4v) is 3.33. The minimum Gasteiger partial charge on any atom is -0.464 e. The molecule has 158 valence electrons. The Morgan fingerprint density at radius 1 is 1.17 bits per heavy atom. The lowest BCUT2D eigenvalue weighted by molar-refractivity contribution is -0.130. The maximum Gasteiger partial charge on any atom is 0.360 e. The second-order valence-electron chi connectivity index (χ2n) is 6.78. The van der Waals surface area contributed by atoms with Crippen LogP contribution in [0.15, 0.2) is 35.1 Å². The Labute approximate surface area is 171 Å². The van der Waals surface area contributed by atoms with E-state index in [1.54, 1.807) is 18.2 Å². The van der Waals surface area contributed by atoms with Gasteiger partial charge in [0.15, 0.2) is 5.69 Å². The smallest absolute Gasteiger partial charge is 0.360 e. The molecule has 1 aromatic carbocycles. The highest BCUT2D eigenvalue weighted by atomic mass is 19.1. The second kappa shape index (κ2) is 8.44. The average molecular weight is 417 g/mol. The number of alkyl halides is 1. The number of carbonyl (C=O) groups excluding carboxylic acids is 3. The Hall–Kier alpha value is -3.56. The molecular formula is C20H20FN3O6. The summed E-state index contributed by atoms with van der Waals surface area (Å²) < 4.78 is 24.9. The van der Waals surface area contributed by atoms with Crippen LogP contribution in [0.5, 0.6) is 5.75 Å². The molecule has 0 radical (unpaired) electrons. The van der Waals surface area contributed by atoms with Gasteiger partial charge in [-0.3, -0.25) is 14.2 Å². The number of likely N-dealkylation sites (tertiary alicyclic amines) is 1. The molecule has 0 saturated carbocycles. The first-order valence-electron chi connectivity index (χ1n) is 9.12. The summed E-state index contributed by atoms with van der Waals surface area (Å²) in [4.78, 5) is 54.9. The molecule has 1 saturated heterocycles. The molecule has 1 aromatic heterocycles. The fourth-order valence-electron chi connectivity index (χ4n) is 3.33. The number of hydrogen-bond acceptors (Lipinski definition) is 7. The number of halogens is 1. The lowest BCUT2D eigenvalue weighted by atomic mass is 10.1. The number of methoxy groups -OCH3 is 1. The Kier molecular flexibility index (Phi) is 5.95. The Morgan fingerprint density at radius 3 is 2.43 bits per heavy atom. The molecule has 2 heterocycles. The van der Waals surface area contributed by atoms with Gasteiger partial charge in [-0.1, -0.05) is 18.2 Å². The summed E-state index contributed by atoms with van der Waals surface area (Å²) in [5, 5.41) is 0. The Balaban J connectivity index is 2.10. The number of amides is 1. The quantitative estimate of drug-likeness (QED) is 0.692. The molecule has 2 aromatic rings. The zero-order chi connectivity index (χ0) is 22.0. The van der Waals surface area contributed by atoms with Crippen LogP contribution < -0.4 is 10.3 Å². The van der Waals surface area contributed by atoms with Crippen molar-refractivity contribution in [3.63, 3.8) is 0 Å². The molecule has 9 nitrogen and oxygen atoms in total. The van der Waals surface area contributed by atoms with E-state index in [4.69, 9.17) is 4.74 Å². The lowest BCUT2D eigenvalue weighted by Gasteiger charge is -2.24. The summed E-state index contributed by atoms with van der Waals surface area (Å²) in [6.07, 6.45) is -1.38. The number of carbonyl (C=O) groups is 3. The van der Waals surface area contributed by atoms with E-state index in [1.807, 2.05) is 0 Å². The SMILES string of the molecule is COC(=O)c1nc([C@@H]2C[C@H](F)CN2C(C)=O)n(C)c(=O)c1OC(=O)c1ccccc1. The van der Waals surface area contributed by atoms with Crippen LogP contribution in [-0.4, -0.2) is 52.1 Å². The molecule has 1 amide bonds. The van der Waals surface area contributed by atoms with Gasteiger partial charge in [0.25, 0.3) is 5.56 Å². The summed E-state index contributed by atoms with van der Waals surface area (Å²) in [5.41, 5.74) is -1.19. The number of aromatic nitrogens is 2. The van der Waals surface area contributed by atoms with E-state index < -0.39 is 47.1 Å². The highest BCUT2D eigenvalue weighted by molar-refractivity contribution is 5.94. The fraction of sp³-hybridized carbons (Fsp3) is 0.350. The lowest BCUT2D eigenvalue weighted by Crippen LogP contribution is -2.35. The van der Waals surface area contributed by atoms with Crippen LogP contribution in [-0.2, 0) is 16.6 Å². The number of esters is 2. The maximum atomic E-state index is 14.0. The van der Waals surface area contributed by atoms with Crippen LogP contribution >= 0.6 is 0 Å². The molecule has 1 fully saturated rings. The Bertz CT molecular complexity index is 1050. The minimum absolute atomic E-state index is 0.00439. The van der Waals surface area contributed by atoms with Gasteiger partial charge in [-0.05, 0) is 12.1 Å². The van der Waals surface area contributed by atoms with Gasteiger partial charge in [0.2, 0.25) is 11.7 Å². The van der Waals surface area contributed by atoms with Gasteiger partial charge in [-0.2, -0.15) is 0 Å². The summed E-state index contributed by atoms with van der Waals surface area (Å²) in [5.74, 6) is -2.87. The second-order valence-corrected chi connectivity index (χ2v) is 6.78. The van der Waals surface area contributed by atoms with E-state index in [0.29, 0.717) is 0 Å². The third-order valence-electron chi connectivity index (χ3n) is 4.82. The van der Waals surface area contributed by atoms with Crippen LogP contribution in [0.3, 0.4) is 0 Å². The van der Waals surface area contributed by atoms with Crippen LogP contribution in [0.4, 0.5) is 4.39 Å². The van der Waals surface area contributed by atoms with Crippen molar-refractivity contribution < 1.29 is 28.2 Å². The van der Waals surface area contributed by atoms with Crippen LogP contribution in [0.25, 0.3) is 0 Å². The third-order valence-corrected chi connectivity index (χ3v) is 4.82. The molecule has 0 aliphatic carbocycles. The summed E-state index contributed by atoms with van der Waals surface area (Å²) in [6.45, 7) is 1.13. The highest BCUT2D eigenvalue weighted by Crippen LogP contribution is 2.33. The Morgan fingerprint density at radius 2 is 1.83 bits per heavy atom. The van der Waals surface area contributed by atoms with Crippen molar-refractivity contribution in [2.24, 2.45) is 7.05 Å². The predicted octanol–water partition coefficient (Wildman–Crippen LogP) is 1.42. The molecule has 10 heteroatoms. The molecule has 0 N–H and O–H groups in total. The number of nitrogens with zero attached hydrogens (tertiary/aromatic N) is 3. The van der Waals surface area contributed by atoms with E-state index >= 15 is 0 Å². The molecule has 1 aliphatic heterocycles. The van der Waals surface area contributed by atoms with E-state index in [-0.39, 0.29) is 24.4 Å². The van der Waals surface area contributed by atoms with E-state index in [0.717, 1.165) is 11.7 Å². The van der Waals surface area contributed by atoms with Gasteiger partial charge in [0.05, 0.1) is 25.3 Å². The van der Waals surface area contributed by atoms with Gasteiger partial charge in [-0.25, -0.2) is 19.0 Å². The van der Waals surface area contributed by atoms with Crippen molar-refractivity contribution in [1.82, 2.24) is 14.5 Å². The summed E-state index contributed by atoms with van der Waals surface area (Å²) >= 11 is 0. The molecule has 1 aliphatic rings. The largest absolute Gasteiger partial charge is 0.464 e. The van der Waals surface area contributed by atoms with E-state index in [9.17, 15) is 23.6 Å². The summed E-state index contributed by atoms with van der Waals surface area (Å²) in [6, 6.07) is 7.04. The third kappa shape index (κ3) is 3.93. The van der Waals surface area contributed by atoms with Gasteiger partial charge >= 0.3 is 11.9 Å². The zero-order valence-electron chi connectivity index (χ0n) is 16.6. The van der Waals surface area contributed by atoms with E-state index in [2.05, 4.69) is 9.72 Å². The average Bonchev–Trinajstić information content (AvgIpc) is 3.13. The molecular weight excluding hydrogens is 397 g/mol. The van der Waals surface area contributed by atoms with Crippen molar-refractivity contribution in [3.05, 3.63) is 57.8 Å². The van der Waals surface area contributed by atoms with Gasteiger partial charge < -0.3 is 14.4 Å². The molecule has 0 bridgehead atoms. The van der Waals surface area contributed by atoms with Crippen molar-refractivity contribution in [1.29, 1.82) is 0 Å². The molecule has 3 rings (SSSR count). The molecule has 2 atom stereocenters. The van der Waals surface area contributed by atoms with E-state index in [1.165, 1.54) is 31.0 Å². The van der Waals surface area contributed by atoms with Crippen molar-refractivity contribution in [2.45, 2.75) is 25.6 Å². The number of ether oxygens (including phenoxy) is 2. The van der Waals surface area contributed by atoms with Gasteiger partial charge in [-0.15, -0.1) is 0 Å². The number of benzene rings is 1. The van der Waals surface area contributed by atoms with Crippen LogP contribution in [0, 0.1) is 0 Å².